The lowest BCUT2D eigenvalue weighted by atomic mass is 10.2. The topological polar surface area (TPSA) is 62.4 Å². The zero-order valence-corrected chi connectivity index (χ0v) is 12.6. The van der Waals surface area contributed by atoms with Crippen LogP contribution in [0.25, 0.3) is 0 Å². The summed E-state index contributed by atoms with van der Waals surface area (Å²) in [6, 6.07) is 1.54. The van der Waals surface area contributed by atoms with Crippen LogP contribution in [-0.2, 0) is 9.53 Å². The molecule has 0 atom stereocenters. The Labute approximate surface area is 127 Å². The molecular weight excluding hydrogens is 303 g/mol. The van der Waals surface area contributed by atoms with E-state index >= 15 is 0 Å². The number of aromatic amines is 1. The van der Waals surface area contributed by atoms with Crippen LogP contribution >= 0.6 is 23.2 Å². The Morgan fingerprint density at radius 3 is 2.55 bits per heavy atom. The predicted molar refractivity (Wildman–Crippen MR) is 76.1 cm³/mol. The number of esters is 1. The van der Waals surface area contributed by atoms with Crippen LogP contribution in [0.2, 0.25) is 10.2 Å². The van der Waals surface area contributed by atoms with E-state index in [0.29, 0.717) is 5.02 Å². The second-order valence-electron chi connectivity index (χ2n) is 4.79. The van der Waals surface area contributed by atoms with Gasteiger partial charge in [0, 0.05) is 6.04 Å². The van der Waals surface area contributed by atoms with Crippen molar-refractivity contribution in [2.75, 3.05) is 13.7 Å². The van der Waals surface area contributed by atoms with Gasteiger partial charge in [-0.3, -0.25) is 9.59 Å². The Kier molecular flexibility index (Phi) is 4.94. The Hall–Kier alpha value is -1.20. The molecule has 0 unspecified atom stereocenters. The fraction of sp³-hybridized carbons (Fsp3) is 0.538. The monoisotopic (exact) mass is 318 g/mol. The van der Waals surface area contributed by atoms with E-state index in [4.69, 9.17) is 23.2 Å². The molecule has 2 rings (SSSR count). The van der Waals surface area contributed by atoms with E-state index in [1.807, 2.05) is 0 Å². The van der Waals surface area contributed by atoms with Gasteiger partial charge in [0.05, 0.1) is 12.1 Å². The van der Waals surface area contributed by atoms with Crippen LogP contribution in [0.5, 0.6) is 0 Å². The molecular formula is C13H16Cl2N2O3. The van der Waals surface area contributed by atoms with Crippen molar-refractivity contribution >= 4 is 35.1 Å². The predicted octanol–water partition coefficient (Wildman–Crippen LogP) is 2.88. The summed E-state index contributed by atoms with van der Waals surface area (Å²) in [5.74, 6) is -0.717. The van der Waals surface area contributed by atoms with Crippen LogP contribution in [0.3, 0.4) is 0 Å². The molecule has 1 aromatic heterocycles. The summed E-state index contributed by atoms with van der Waals surface area (Å²) < 4.78 is 4.66. The van der Waals surface area contributed by atoms with E-state index in [1.165, 1.54) is 18.1 Å². The molecule has 1 aliphatic rings. The molecule has 1 N–H and O–H groups in total. The maximum atomic E-state index is 12.5. The third-order valence-electron chi connectivity index (χ3n) is 3.51. The second kappa shape index (κ2) is 6.50. The highest BCUT2D eigenvalue weighted by atomic mass is 35.5. The molecule has 20 heavy (non-hydrogen) atoms. The number of halogens is 2. The van der Waals surface area contributed by atoms with Crippen molar-refractivity contribution in [2.45, 2.75) is 31.7 Å². The van der Waals surface area contributed by atoms with Gasteiger partial charge in [-0.1, -0.05) is 36.0 Å². The summed E-state index contributed by atoms with van der Waals surface area (Å²) in [5.41, 5.74) is 0.288. The van der Waals surface area contributed by atoms with Crippen molar-refractivity contribution in [3.05, 3.63) is 21.9 Å². The van der Waals surface area contributed by atoms with Gasteiger partial charge in [-0.25, -0.2) is 0 Å². The summed E-state index contributed by atoms with van der Waals surface area (Å²) in [5, 5.41) is 0.513. The highest BCUT2D eigenvalue weighted by Gasteiger charge is 2.30. The van der Waals surface area contributed by atoms with Gasteiger partial charge in [-0.15, -0.1) is 0 Å². The van der Waals surface area contributed by atoms with Crippen LogP contribution in [0, 0.1) is 0 Å². The van der Waals surface area contributed by atoms with Crippen molar-refractivity contribution in [3.63, 3.8) is 0 Å². The van der Waals surface area contributed by atoms with Gasteiger partial charge in [0.2, 0.25) is 0 Å². The minimum absolute atomic E-state index is 0.0578. The number of aromatic nitrogens is 1. The van der Waals surface area contributed by atoms with E-state index in [1.54, 1.807) is 0 Å². The number of H-pyrrole nitrogens is 1. The van der Waals surface area contributed by atoms with Crippen molar-refractivity contribution in [1.29, 1.82) is 0 Å². The summed E-state index contributed by atoms with van der Waals surface area (Å²) in [6.45, 7) is -0.0613. The number of hydrogen-bond donors (Lipinski definition) is 1. The minimum atomic E-state index is -0.436. The Balaban J connectivity index is 2.20. The van der Waals surface area contributed by atoms with Crippen molar-refractivity contribution in [2.24, 2.45) is 0 Å². The number of amides is 1. The number of ether oxygens (including phenoxy) is 1. The third kappa shape index (κ3) is 3.27. The molecule has 110 valence electrons. The first-order chi connectivity index (χ1) is 9.52. The van der Waals surface area contributed by atoms with Crippen molar-refractivity contribution in [1.82, 2.24) is 9.88 Å². The lowest BCUT2D eigenvalue weighted by Gasteiger charge is -2.27. The van der Waals surface area contributed by atoms with E-state index in [0.717, 1.165) is 25.7 Å². The average molecular weight is 319 g/mol. The van der Waals surface area contributed by atoms with E-state index < -0.39 is 5.97 Å². The normalized spacial score (nSPS) is 15.3. The first-order valence-electron chi connectivity index (χ1n) is 6.44. The quantitative estimate of drug-likeness (QED) is 0.868. The highest BCUT2D eigenvalue weighted by Crippen LogP contribution is 2.27. The van der Waals surface area contributed by atoms with E-state index in [-0.39, 0.29) is 29.3 Å². The molecule has 7 heteroatoms. The third-order valence-corrected chi connectivity index (χ3v) is 4.20. The van der Waals surface area contributed by atoms with Gasteiger partial charge in [-0.2, -0.15) is 0 Å². The molecule has 0 saturated heterocycles. The summed E-state index contributed by atoms with van der Waals surface area (Å²) >= 11 is 11.7. The highest BCUT2D eigenvalue weighted by molar-refractivity contribution is 6.41. The van der Waals surface area contributed by atoms with Gasteiger partial charge < -0.3 is 14.6 Å². The SMILES string of the molecule is COC(=O)CN(C(=O)c1cc(Cl)c(Cl)[nH]1)C1CCCC1. The molecule has 1 aromatic rings. The lowest BCUT2D eigenvalue weighted by molar-refractivity contribution is -0.141. The zero-order chi connectivity index (χ0) is 14.7. The zero-order valence-electron chi connectivity index (χ0n) is 11.1. The van der Waals surface area contributed by atoms with E-state index in [2.05, 4.69) is 9.72 Å². The Morgan fingerprint density at radius 2 is 2.05 bits per heavy atom. The maximum Gasteiger partial charge on any atom is 0.325 e. The number of carbonyl (C=O) groups is 2. The molecule has 0 bridgehead atoms. The molecule has 1 saturated carbocycles. The molecule has 1 aliphatic carbocycles. The molecule has 0 aromatic carbocycles. The first kappa shape index (κ1) is 15.2. The van der Waals surface area contributed by atoms with Crippen LogP contribution in [0.4, 0.5) is 0 Å². The molecule has 5 nitrogen and oxygen atoms in total. The number of methoxy groups -OCH3 is 1. The molecule has 1 amide bonds. The molecule has 0 radical (unpaired) electrons. The number of hydrogen-bond acceptors (Lipinski definition) is 3. The molecule has 1 heterocycles. The van der Waals surface area contributed by atoms with Gasteiger partial charge in [0.15, 0.2) is 0 Å². The largest absolute Gasteiger partial charge is 0.468 e. The number of nitrogens with one attached hydrogen (secondary N) is 1. The summed E-state index contributed by atoms with van der Waals surface area (Å²) in [6.07, 6.45) is 3.90. The standard InChI is InChI=1S/C13H16Cl2N2O3/c1-20-11(18)7-17(8-4-2-3-5-8)13(19)10-6-9(14)12(15)16-10/h6,8,16H,2-5,7H2,1H3. The number of nitrogens with zero attached hydrogens (tertiary/aromatic N) is 1. The van der Waals surface area contributed by atoms with Crippen LogP contribution in [-0.4, -0.2) is 41.5 Å². The molecule has 1 fully saturated rings. The fourth-order valence-corrected chi connectivity index (χ4v) is 2.77. The Bertz CT molecular complexity index is 490. The van der Waals surface area contributed by atoms with Crippen molar-refractivity contribution < 1.29 is 14.3 Å². The second-order valence-corrected chi connectivity index (χ2v) is 5.58. The van der Waals surface area contributed by atoms with Crippen LogP contribution in [0.15, 0.2) is 6.07 Å². The van der Waals surface area contributed by atoms with E-state index in [9.17, 15) is 9.59 Å². The van der Waals surface area contributed by atoms with Gasteiger partial charge in [-0.05, 0) is 18.9 Å². The van der Waals surface area contributed by atoms with Crippen LogP contribution < -0.4 is 0 Å². The smallest absolute Gasteiger partial charge is 0.325 e. The maximum absolute atomic E-state index is 12.5. The summed E-state index contributed by atoms with van der Waals surface area (Å²) in [7, 11) is 1.31. The Morgan fingerprint density at radius 1 is 1.40 bits per heavy atom. The lowest BCUT2D eigenvalue weighted by Crippen LogP contribution is -2.42. The first-order valence-corrected chi connectivity index (χ1v) is 7.20. The van der Waals surface area contributed by atoms with Gasteiger partial charge in [0.25, 0.3) is 5.91 Å². The number of rotatable bonds is 4. The minimum Gasteiger partial charge on any atom is -0.468 e. The van der Waals surface area contributed by atoms with Gasteiger partial charge >= 0.3 is 5.97 Å². The molecule has 0 aliphatic heterocycles. The fourth-order valence-electron chi connectivity index (χ4n) is 2.46. The summed E-state index contributed by atoms with van der Waals surface area (Å²) in [4.78, 5) is 28.3. The average Bonchev–Trinajstić information content (AvgIpc) is 3.06. The molecule has 0 spiro atoms. The van der Waals surface area contributed by atoms with Crippen molar-refractivity contribution in [3.8, 4) is 0 Å². The number of carbonyl (C=O) groups excluding carboxylic acids is 2. The van der Waals surface area contributed by atoms with Gasteiger partial charge in [0.1, 0.15) is 17.4 Å². The van der Waals surface area contributed by atoms with Crippen LogP contribution in [0.1, 0.15) is 36.2 Å².